The number of urea groups is 1. The van der Waals surface area contributed by atoms with Crippen molar-refractivity contribution in [3.63, 3.8) is 0 Å². The molecule has 0 aliphatic carbocycles. The lowest BCUT2D eigenvalue weighted by Crippen LogP contribution is -2.53. The van der Waals surface area contributed by atoms with Crippen LogP contribution in [0.4, 0.5) is 4.79 Å². The van der Waals surface area contributed by atoms with Crippen LogP contribution in [0, 0.1) is 5.92 Å². The van der Waals surface area contributed by atoms with Crippen molar-refractivity contribution in [3.8, 4) is 0 Å². The van der Waals surface area contributed by atoms with Gasteiger partial charge in [-0.05, 0) is 26.9 Å². The van der Waals surface area contributed by atoms with Gasteiger partial charge in [-0.1, -0.05) is 13.8 Å². The summed E-state index contributed by atoms with van der Waals surface area (Å²) in [6.45, 7) is 6.80. The first kappa shape index (κ1) is 16.9. The molecular weight excluding hydrogens is 232 g/mol. The normalized spacial score (nSPS) is 14.4. The van der Waals surface area contributed by atoms with Gasteiger partial charge in [-0.25, -0.2) is 4.79 Å². The molecule has 3 N–H and O–H groups in total. The highest BCUT2D eigenvalue weighted by atomic mass is 16.2. The van der Waals surface area contributed by atoms with Crippen molar-refractivity contribution in [3.05, 3.63) is 0 Å². The predicted molar refractivity (Wildman–Crippen MR) is 72.4 cm³/mol. The highest BCUT2D eigenvalue weighted by Crippen LogP contribution is 2.04. The van der Waals surface area contributed by atoms with Crippen LogP contribution in [-0.4, -0.2) is 56.6 Å². The summed E-state index contributed by atoms with van der Waals surface area (Å²) in [6.07, 6.45) is 0. The largest absolute Gasteiger partial charge is 0.341 e. The second-order valence-corrected chi connectivity index (χ2v) is 5.07. The van der Waals surface area contributed by atoms with Crippen LogP contribution in [0.25, 0.3) is 0 Å². The number of carbonyl (C=O) groups excluding carboxylic acids is 2. The summed E-state index contributed by atoms with van der Waals surface area (Å²) < 4.78 is 0. The van der Waals surface area contributed by atoms with Crippen molar-refractivity contribution in [1.82, 2.24) is 20.9 Å². The maximum absolute atomic E-state index is 11.7. The zero-order chi connectivity index (χ0) is 14.3. The molecule has 0 saturated carbocycles. The van der Waals surface area contributed by atoms with Gasteiger partial charge in [-0.2, -0.15) is 0 Å². The monoisotopic (exact) mass is 258 g/mol. The van der Waals surface area contributed by atoms with Crippen LogP contribution in [0.5, 0.6) is 0 Å². The molecule has 0 aromatic carbocycles. The molecule has 0 fully saturated rings. The number of nitrogens with zero attached hydrogens (tertiary/aromatic N) is 1. The number of hydrogen-bond donors (Lipinski definition) is 3. The third-order valence-electron chi connectivity index (χ3n) is 2.69. The molecule has 3 amide bonds. The van der Waals surface area contributed by atoms with E-state index < -0.39 is 12.1 Å². The van der Waals surface area contributed by atoms with Gasteiger partial charge in [-0.15, -0.1) is 0 Å². The van der Waals surface area contributed by atoms with Gasteiger partial charge in [0.1, 0.15) is 0 Å². The lowest BCUT2D eigenvalue weighted by molar-refractivity contribution is -0.121. The topological polar surface area (TPSA) is 73.5 Å². The average molecular weight is 258 g/mol. The molecule has 2 unspecified atom stereocenters. The Morgan fingerprint density at radius 3 is 2.11 bits per heavy atom. The Bertz CT molecular complexity index is 279. The smallest absolute Gasteiger partial charge is 0.321 e. The number of imide groups is 1. The zero-order valence-electron chi connectivity index (χ0n) is 12.2. The molecule has 0 aliphatic heterocycles. The van der Waals surface area contributed by atoms with Gasteiger partial charge in [0.15, 0.2) is 0 Å². The van der Waals surface area contributed by atoms with Crippen LogP contribution < -0.4 is 16.0 Å². The van der Waals surface area contributed by atoms with Crippen molar-refractivity contribution >= 4 is 11.9 Å². The fraction of sp³-hybridized carbons (Fsp3) is 0.833. The lowest BCUT2D eigenvalue weighted by Gasteiger charge is -2.28. The molecule has 2 atom stereocenters. The standard InChI is InChI=1S/C12H26N4O2/c1-8(2)10(7-16(5)6)14-9(3)11(17)15-12(18)13-4/h8-10,14H,7H2,1-6H3,(H2,13,15,17,18). The Labute approximate surface area is 109 Å². The van der Waals surface area contributed by atoms with Crippen molar-refractivity contribution in [2.24, 2.45) is 5.92 Å². The molecule has 18 heavy (non-hydrogen) atoms. The van der Waals surface area contributed by atoms with Gasteiger partial charge < -0.3 is 15.5 Å². The Hall–Kier alpha value is -1.14. The third kappa shape index (κ3) is 6.56. The summed E-state index contributed by atoms with van der Waals surface area (Å²) in [7, 11) is 5.46. The maximum Gasteiger partial charge on any atom is 0.321 e. The highest BCUT2D eigenvalue weighted by Gasteiger charge is 2.21. The number of nitrogens with one attached hydrogen (secondary N) is 3. The molecule has 6 heteroatoms. The molecule has 0 radical (unpaired) electrons. The Kier molecular flexibility index (Phi) is 7.54. The average Bonchev–Trinajstić information content (AvgIpc) is 2.26. The molecule has 0 aromatic rings. The minimum Gasteiger partial charge on any atom is -0.341 e. The molecular formula is C12H26N4O2. The number of likely N-dealkylation sites (N-methyl/N-ethyl adjacent to an activating group) is 1. The fourth-order valence-corrected chi connectivity index (χ4v) is 1.53. The summed E-state index contributed by atoms with van der Waals surface area (Å²) in [5.74, 6) is 0.0846. The first-order valence-electron chi connectivity index (χ1n) is 6.21. The van der Waals surface area contributed by atoms with Crippen molar-refractivity contribution < 1.29 is 9.59 Å². The van der Waals surface area contributed by atoms with Crippen LogP contribution in [0.2, 0.25) is 0 Å². The van der Waals surface area contributed by atoms with Crippen molar-refractivity contribution in [2.45, 2.75) is 32.9 Å². The van der Waals surface area contributed by atoms with E-state index in [1.807, 2.05) is 14.1 Å². The van der Waals surface area contributed by atoms with E-state index in [2.05, 4.69) is 34.7 Å². The van der Waals surface area contributed by atoms with Crippen molar-refractivity contribution in [2.75, 3.05) is 27.7 Å². The van der Waals surface area contributed by atoms with E-state index in [4.69, 9.17) is 0 Å². The molecule has 0 spiro atoms. The second-order valence-electron chi connectivity index (χ2n) is 5.07. The Morgan fingerprint density at radius 1 is 1.17 bits per heavy atom. The fourth-order valence-electron chi connectivity index (χ4n) is 1.53. The van der Waals surface area contributed by atoms with Crippen LogP contribution in [0.1, 0.15) is 20.8 Å². The second kappa shape index (κ2) is 8.05. The first-order valence-corrected chi connectivity index (χ1v) is 6.21. The SMILES string of the molecule is CNC(=O)NC(=O)C(C)NC(CN(C)C)C(C)C. The summed E-state index contributed by atoms with van der Waals surface area (Å²) in [5, 5.41) is 7.86. The van der Waals surface area contributed by atoms with Gasteiger partial charge in [0.2, 0.25) is 5.91 Å². The van der Waals surface area contributed by atoms with E-state index in [1.165, 1.54) is 7.05 Å². The summed E-state index contributed by atoms with van der Waals surface area (Å²) in [5.41, 5.74) is 0. The molecule has 0 rings (SSSR count). The zero-order valence-corrected chi connectivity index (χ0v) is 12.2. The van der Waals surface area contributed by atoms with E-state index in [9.17, 15) is 9.59 Å². The van der Waals surface area contributed by atoms with Crippen LogP contribution in [0.15, 0.2) is 0 Å². The highest BCUT2D eigenvalue weighted by molar-refractivity contribution is 5.96. The van der Waals surface area contributed by atoms with E-state index >= 15 is 0 Å². The predicted octanol–water partition coefficient (Wildman–Crippen LogP) is 0.00630. The number of amides is 3. The quantitative estimate of drug-likeness (QED) is 0.627. The van der Waals surface area contributed by atoms with Crippen LogP contribution in [-0.2, 0) is 4.79 Å². The van der Waals surface area contributed by atoms with Crippen molar-refractivity contribution in [1.29, 1.82) is 0 Å². The number of hydrogen-bond acceptors (Lipinski definition) is 4. The summed E-state index contributed by atoms with van der Waals surface area (Å²) in [6, 6.07) is -0.692. The molecule has 0 saturated heterocycles. The van der Waals surface area contributed by atoms with E-state index in [-0.39, 0.29) is 11.9 Å². The van der Waals surface area contributed by atoms with Crippen LogP contribution >= 0.6 is 0 Å². The number of rotatable bonds is 6. The Morgan fingerprint density at radius 2 is 1.72 bits per heavy atom. The minimum atomic E-state index is -0.484. The van der Waals surface area contributed by atoms with Gasteiger partial charge in [0.05, 0.1) is 6.04 Å². The van der Waals surface area contributed by atoms with Gasteiger partial charge in [0, 0.05) is 19.6 Å². The molecule has 6 nitrogen and oxygen atoms in total. The Balaban J connectivity index is 4.36. The van der Waals surface area contributed by atoms with Gasteiger partial charge >= 0.3 is 6.03 Å². The van der Waals surface area contributed by atoms with E-state index in [0.29, 0.717) is 5.92 Å². The van der Waals surface area contributed by atoms with E-state index in [1.54, 1.807) is 6.92 Å². The first-order chi connectivity index (χ1) is 8.27. The molecule has 0 aliphatic rings. The minimum absolute atomic E-state index is 0.199. The molecule has 0 heterocycles. The van der Waals surface area contributed by atoms with Gasteiger partial charge in [-0.3, -0.25) is 10.1 Å². The van der Waals surface area contributed by atoms with Crippen LogP contribution in [0.3, 0.4) is 0 Å². The number of carbonyl (C=O) groups is 2. The molecule has 106 valence electrons. The molecule has 0 aromatic heterocycles. The third-order valence-corrected chi connectivity index (χ3v) is 2.69. The molecule has 0 bridgehead atoms. The van der Waals surface area contributed by atoms with Gasteiger partial charge in [0.25, 0.3) is 0 Å². The van der Waals surface area contributed by atoms with E-state index in [0.717, 1.165) is 6.54 Å². The maximum atomic E-state index is 11.7. The summed E-state index contributed by atoms with van der Waals surface area (Å²) in [4.78, 5) is 24.8. The summed E-state index contributed by atoms with van der Waals surface area (Å²) >= 11 is 0. The lowest BCUT2D eigenvalue weighted by atomic mass is 10.0.